The maximum Gasteiger partial charge on any atom is 0.317 e. The van der Waals surface area contributed by atoms with Gasteiger partial charge in [-0.1, -0.05) is 35.9 Å². The van der Waals surface area contributed by atoms with Crippen molar-refractivity contribution in [3.8, 4) is 11.5 Å². The predicted molar refractivity (Wildman–Crippen MR) is 134 cm³/mol. The SMILES string of the molecule is COc1ccc(OC)c(CNC(=O)Cn2c(=O)c(=O)n(Cc3ccc(Cl)cc3)c3ccccc32)c1. The Morgan fingerprint density at radius 3 is 2.20 bits per heavy atom. The molecule has 0 aliphatic heterocycles. The molecule has 0 aliphatic carbocycles. The summed E-state index contributed by atoms with van der Waals surface area (Å²) in [5.41, 5.74) is 1.10. The van der Waals surface area contributed by atoms with Gasteiger partial charge in [-0.3, -0.25) is 23.5 Å². The minimum atomic E-state index is -0.772. The quantitative estimate of drug-likeness (QED) is 0.381. The molecule has 0 aliphatic rings. The van der Waals surface area contributed by atoms with E-state index in [0.717, 1.165) is 11.1 Å². The first-order valence-electron chi connectivity index (χ1n) is 10.9. The average Bonchev–Trinajstić information content (AvgIpc) is 2.88. The number of carbonyl (C=O) groups is 1. The first-order chi connectivity index (χ1) is 16.9. The standard InChI is InChI=1S/C26H24ClN3O5/c1-34-20-11-12-23(35-2)18(13-20)14-28-24(31)16-30-22-6-4-3-5-21(22)29(25(32)26(30)33)15-17-7-9-19(27)10-8-17/h3-13H,14-16H2,1-2H3,(H,28,31). The number of halogens is 1. The van der Waals surface area contributed by atoms with E-state index in [1.165, 1.54) is 16.2 Å². The van der Waals surface area contributed by atoms with Crippen LogP contribution in [0.5, 0.6) is 11.5 Å². The van der Waals surface area contributed by atoms with E-state index in [9.17, 15) is 14.4 Å². The summed E-state index contributed by atoms with van der Waals surface area (Å²) in [5, 5.41) is 3.37. The van der Waals surface area contributed by atoms with Crippen molar-refractivity contribution in [2.45, 2.75) is 19.6 Å². The van der Waals surface area contributed by atoms with Crippen molar-refractivity contribution in [2.24, 2.45) is 0 Å². The van der Waals surface area contributed by atoms with Crippen molar-refractivity contribution < 1.29 is 14.3 Å². The van der Waals surface area contributed by atoms with Crippen LogP contribution in [0.2, 0.25) is 5.02 Å². The van der Waals surface area contributed by atoms with E-state index in [4.69, 9.17) is 21.1 Å². The number of hydrogen-bond acceptors (Lipinski definition) is 5. The molecule has 3 aromatic carbocycles. The molecule has 0 atom stereocenters. The second kappa shape index (κ2) is 10.5. The van der Waals surface area contributed by atoms with Gasteiger partial charge in [0.25, 0.3) is 0 Å². The zero-order valence-electron chi connectivity index (χ0n) is 19.3. The number of fused-ring (bicyclic) bond motifs is 1. The summed E-state index contributed by atoms with van der Waals surface area (Å²) in [6.07, 6.45) is 0. The third-order valence-electron chi connectivity index (χ3n) is 5.66. The number of methoxy groups -OCH3 is 2. The van der Waals surface area contributed by atoms with E-state index < -0.39 is 17.0 Å². The molecule has 4 rings (SSSR count). The van der Waals surface area contributed by atoms with E-state index in [1.54, 1.807) is 73.8 Å². The minimum Gasteiger partial charge on any atom is -0.497 e. The molecule has 35 heavy (non-hydrogen) atoms. The Kier molecular flexibility index (Phi) is 7.22. The first-order valence-corrected chi connectivity index (χ1v) is 11.2. The molecule has 8 nitrogen and oxygen atoms in total. The molecule has 1 heterocycles. The number of hydrogen-bond donors (Lipinski definition) is 1. The molecular formula is C26H24ClN3O5. The number of nitrogens with zero attached hydrogens (tertiary/aromatic N) is 2. The molecule has 0 bridgehead atoms. The lowest BCUT2D eigenvalue weighted by atomic mass is 10.2. The van der Waals surface area contributed by atoms with Gasteiger partial charge in [0.05, 0.1) is 31.8 Å². The average molecular weight is 494 g/mol. The highest BCUT2D eigenvalue weighted by molar-refractivity contribution is 6.30. The highest BCUT2D eigenvalue weighted by atomic mass is 35.5. The highest BCUT2D eigenvalue weighted by Crippen LogP contribution is 2.23. The summed E-state index contributed by atoms with van der Waals surface area (Å²) >= 11 is 5.96. The Bertz CT molecular complexity index is 1490. The molecule has 1 N–H and O–H groups in total. The van der Waals surface area contributed by atoms with Crippen LogP contribution in [0.25, 0.3) is 11.0 Å². The molecule has 1 amide bonds. The van der Waals surface area contributed by atoms with Crippen LogP contribution in [0.4, 0.5) is 0 Å². The van der Waals surface area contributed by atoms with E-state index in [-0.39, 0.29) is 19.6 Å². The van der Waals surface area contributed by atoms with Crippen LogP contribution in [-0.4, -0.2) is 29.3 Å². The lowest BCUT2D eigenvalue weighted by Gasteiger charge is -2.16. The van der Waals surface area contributed by atoms with E-state index >= 15 is 0 Å². The van der Waals surface area contributed by atoms with Crippen molar-refractivity contribution >= 4 is 28.5 Å². The van der Waals surface area contributed by atoms with E-state index in [0.29, 0.717) is 27.6 Å². The van der Waals surface area contributed by atoms with Gasteiger partial charge in [-0.2, -0.15) is 0 Å². The number of benzene rings is 3. The van der Waals surface area contributed by atoms with Gasteiger partial charge >= 0.3 is 11.1 Å². The molecule has 0 unspecified atom stereocenters. The minimum absolute atomic E-state index is 0.166. The molecule has 0 saturated carbocycles. The van der Waals surface area contributed by atoms with Crippen LogP contribution in [0, 0.1) is 0 Å². The Morgan fingerprint density at radius 1 is 0.886 bits per heavy atom. The molecule has 0 radical (unpaired) electrons. The van der Waals surface area contributed by atoms with E-state index in [1.807, 2.05) is 0 Å². The summed E-state index contributed by atoms with van der Waals surface area (Å²) in [7, 11) is 3.09. The van der Waals surface area contributed by atoms with Gasteiger partial charge in [0.15, 0.2) is 0 Å². The van der Waals surface area contributed by atoms with Crippen molar-refractivity contribution in [3.63, 3.8) is 0 Å². The van der Waals surface area contributed by atoms with Crippen molar-refractivity contribution in [3.05, 3.63) is 104 Å². The lowest BCUT2D eigenvalue weighted by molar-refractivity contribution is -0.121. The number of carbonyl (C=O) groups excluding carboxylic acids is 1. The van der Waals surface area contributed by atoms with Gasteiger partial charge in [-0.15, -0.1) is 0 Å². The Morgan fingerprint density at radius 2 is 1.54 bits per heavy atom. The van der Waals surface area contributed by atoms with Gasteiger partial charge in [-0.05, 0) is 48.0 Å². The number of ether oxygens (including phenoxy) is 2. The smallest absolute Gasteiger partial charge is 0.317 e. The Balaban J connectivity index is 1.62. The second-order valence-electron chi connectivity index (χ2n) is 7.85. The van der Waals surface area contributed by atoms with Crippen LogP contribution < -0.4 is 25.9 Å². The molecule has 0 fully saturated rings. The Hall–Kier alpha value is -4.04. The zero-order valence-corrected chi connectivity index (χ0v) is 20.0. The van der Waals surface area contributed by atoms with Gasteiger partial charge in [-0.25, -0.2) is 0 Å². The molecular weight excluding hydrogens is 470 g/mol. The number of aromatic nitrogens is 2. The number of amides is 1. The molecule has 180 valence electrons. The van der Waals surface area contributed by atoms with Gasteiger partial charge < -0.3 is 14.8 Å². The fourth-order valence-corrected chi connectivity index (χ4v) is 4.00. The predicted octanol–water partition coefficient (Wildman–Crippen LogP) is 3.20. The summed E-state index contributed by atoms with van der Waals surface area (Å²) < 4.78 is 13.2. The van der Waals surface area contributed by atoms with E-state index in [2.05, 4.69) is 5.32 Å². The molecule has 4 aromatic rings. The van der Waals surface area contributed by atoms with Crippen molar-refractivity contribution in [2.75, 3.05) is 14.2 Å². The summed E-state index contributed by atoms with van der Waals surface area (Å²) in [4.78, 5) is 38.9. The molecule has 0 spiro atoms. The van der Waals surface area contributed by atoms with Crippen LogP contribution in [-0.2, 0) is 24.4 Å². The third-order valence-corrected chi connectivity index (χ3v) is 5.91. The van der Waals surface area contributed by atoms with Crippen molar-refractivity contribution in [1.82, 2.24) is 14.5 Å². The topological polar surface area (TPSA) is 91.6 Å². The normalized spacial score (nSPS) is 10.8. The maximum absolute atomic E-state index is 13.0. The monoisotopic (exact) mass is 493 g/mol. The molecule has 1 aromatic heterocycles. The summed E-state index contributed by atoms with van der Waals surface area (Å²) in [5.74, 6) is 0.803. The maximum atomic E-state index is 13.0. The second-order valence-corrected chi connectivity index (χ2v) is 8.29. The third kappa shape index (κ3) is 5.22. The van der Waals surface area contributed by atoms with Gasteiger partial charge in [0.2, 0.25) is 5.91 Å². The number of nitrogens with one attached hydrogen (secondary N) is 1. The first kappa shape index (κ1) is 24.1. The van der Waals surface area contributed by atoms with Crippen LogP contribution in [0.1, 0.15) is 11.1 Å². The lowest BCUT2D eigenvalue weighted by Crippen LogP contribution is -2.44. The molecule has 9 heteroatoms. The Labute approximate surface area is 206 Å². The highest BCUT2D eigenvalue weighted by Gasteiger charge is 2.16. The number of para-hydroxylation sites is 2. The van der Waals surface area contributed by atoms with Crippen LogP contribution >= 0.6 is 11.6 Å². The van der Waals surface area contributed by atoms with Gasteiger partial charge in [0.1, 0.15) is 18.0 Å². The van der Waals surface area contributed by atoms with Crippen molar-refractivity contribution in [1.29, 1.82) is 0 Å². The molecule has 0 saturated heterocycles. The van der Waals surface area contributed by atoms with Gasteiger partial charge in [0, 0.05) is 17.1 Å². The largest absolute Gasteiger partial charge is 0.497 e. The summed E-state index contributed by atoms with van der Waals surface area (Å²) in [6.45, 7) is 0.0661. The summed E-state index contributed by atoms with van der Waals surface area (Å²) in [6, 6.07) is 19.3. The number of rotatable bonds is 8. The fourth-order valence-electron chi connectivity index (χ4n) is 3.87. The fraction of sp³-hybridized carbons (Fsp3) is 0.192. The van der Waals surface area contributed by atoms with Crippen LogP contribution in [0.15, 0.2) is 76.3 Å². The van der Waals surface area contributed by atoms with Crippen LogP contribution in [0.3, 0.4) is 0 Å². The zero-order chi connectivity index (χ0) is 24.9.